The quantitative estimate of drug-likeness (QED) is 0.745. The van der Waals surface area contributed by atoms with E-state index in [1.165, 1.54) is 0 Å². The Morgan fingerprint density at radius 2 is 2.18 bits per heavy atom. The summed E-state index contributed by atoms with van der Waals surface area (Å²) in [7, 11) is 0. The van der Waals surface area contributed by atoms with Crippen molar-refractivity contribution in [3.8, 4) is 0 Å². The molecule has 2 rings (SSSR count). The molecule has 0 aromatic carbocycles. The summed E-state index contributed by atoms with van der Waals surface area (Å²) in [6.07, 6.45) is 5.42. The second kappa shape index (κ2) is 4.06. The van der Waals surface area contributed by atoms with Crippen molar-refractivity contribution in [3.05, 3.63) is 28.7 Å². The smallest absolute Gasteiger partial charge is 0.198 e. The molecule has 0 fully saturated rings. The van der Waals surface area contributed by atoms with E-state index in [2.05, 4.69) is 14.9 Å². The van der Waals surface area contributed by atoms with Gasteiger partial charge in [-0.05, 0) is 28.4 Å². The fourth-order valence-electron chi connectivity index (χ4n) is 1.70. The van der Waals surface area contributed by atoms with Gasteiger partial charge in [0.2, 0.25) is 0 Å². The molecule has 1 aromatic rings. The molecule has 2 unspecified atom stereocenters. The van der Waals surface area contributed by atoms with Gasteiger partial charge in [0.1, 0.15) is 5.69 Å². The molecule has 0 bridgehead atoms. The molecule has 6 heteroatoms. The third-order valence-electron chi connectivity index (χ3n) is 3.30. The zero-order valence-corrected chi connectivity index (χ0v) is 9.97. The van der Waals surface area contributed by atoms with Crippen molar-refractivity contribution in [2.45, 2.75) is 20.8 Å². The minimum atomic E-state index is -1.02. The number of fused-ring (bicyclic) bond motifs is 1. The van der Waals surface area contributed by atoms with Crippen LogP contribution in [0.2, 0.25) is 0 Å². The Kier molecular flexibility index (Phi) is 2.86. The van der Waals surface area contributed by atoms with Crippen LogP contribution in [0.3, 0.4) is 0 Å². The van der Waals surface area contributed by atoms with Gasteiger partial charge >= 0.3 is 0 Å². The maximum absolute atomic E-state index is 11.3. The predicted molar refractivity (Wildman–Crippen MR) is 60.4 cm³/mol. The number of rotatable bonds is 2. The molecule has 1 heterocycles. The molecule has 0 amide bonds. The summed E-state index contributed by atoms with van der Waals surface area (Å²) in [6.45, 7) is 6.07. The van der Waals surface area contributed by atoms with Crippen molar-refractivity contribution in [3.63, 3.8) is 0 Å². The molecule has 1 aromatic heterocycles. The number of allylic oxidation sites excluding steroid dienone is 2. The third kappa shape index (κ3) is 2.02. The Hall–Kier alpha value is -1.50. The molecule has 0 saturated carbocycles. The van der Waals surface area contributed by atoms with Gasteiger partial charge in [-0.25, -0.2) is 9.84 Å². The molecule has 6 nitrogen and oxygen atoms in total. The van der Waals surface area contributed by atoms with Crippen LogP contribution in [-0.2, 0) is 0 Å². The molecular weight excluding hydrogens is 222 g/mol. The van der Waals surface area contributed by atoms with Crippen LogP contribution in [0.5, 0.6) is 0 Å². The highest BCUT2D eigenvalue weighted by Gasteiger charge is 2.31. The maximum Gasteiger partial charge on any atom is 0.198 e. The lowest BCUT2D eigenvalue weighted by Gasteiger charge is -2.27. The van der Waals surface area contributed by atoms with Crippen LogP contribution in [0.15, 0.2) is 16.8 Å². The van der Waals surface area contributed by atoms with Gasteiger partial charge in [0, 0.05) is 5.41 Å². The Balaban J connectivity index is 2.58. The van der Waals surface area contributed by atoms with Crippen LogP contribution < -0.4 is 5.23 Å². The first-order chi connectivity index (χ1) is 7.94. The van der Waals surface area contributed by atoms with Crippen molar-refractivity contribution in [1.29, 1.82) is 0 Å². The van der Waals surface area contributed by atoms with Crippen LogP contribution in [0.4, 0.5) is 0 Å². The van der Waals surface area contributed by atoms with Crippen LogP contribution in [0.1, 0.15) is 32.2 Å². The van der Waals surface area contributed by atoms with E-state index in [1.807, 2.05) is 26.8 Å². The zero-order chi connectivity index (χ0) is 12.6. The van der Waals surface area contributed by atoms with Crippen molar-refractivity contribution < 1.29 is 15.1 Å². The Bertz CT molecular complexity index is 476. The number of aromatic nitrogens is 2. The molecule has 2 atom stereocenters. The van der Waals surface area contributed by atoms with Crippen LogP contribution in [0.25, 0.3) is 11.8 Å². The van der Waals surface area contributed by atoms with E-state index < -0.39 is 5.23 Å². The Labute approximate surface area is 98.7 Å². The summed E-state index contributed by atoms with van der Waals surface area (Å²) in [4.78, 5) is 0. The van der Waals surface area contributed by atoms with E-state index in [0.717, 1.165) is 0 Å². The summed E-state index contributed by atoms with van der Waals surface area (Å²) in [6, 6.07) is 0. The third-order valence-corrected chi connectivity index (χ3v) is 3.30. The molecule has 2 N–H and O–H groups in total. The van der Waals surface area contributed by atoms with E-state index in [0.29, 0.717) is 5.69 Å². The number of hydroxylamine groups is 2. The molecule has 0 radical (unpaired) electrons. The summed E-state index contributed by atoms with van der Waals surface area (Å²) in [5.74, 6) is 0.272. The first-order valence-electron chi connectivity index (χ1n) is 5.42. The molecule has 1 aliphatic rings. The topological polar surface area (TPSA) is 86.7 Å². The predicted octanol–water partition coefficient (Wildman–Crippen LogP) is 0.871. The SMILES string of the molecule is CC(C)C1(C)C=Cc2nonc2C([NH+]([O-])O)=C1. The summed E-state index contributed by atoms with van der Waals surface area (Å²) < 4.78 is 4.58. The van der Waals surface area contributed by atoms with E-state index in [1.54, 1.807) is 12.2 Å². The first-order valence-corrected chi connectivity index (χ1v) is 5.42. The summed E-state index contributed by atoms with van der Waals surface area (Å²) in [5, 5.41) is 26.8. The summed E-state index contributed by atoms with van der Waals surface area (Å²) >= 11 is 0. The fourth-order valence-corrected chi connectivity index (χ4v) is 1.70. The molecular formula is C11H15N3O3. The van der Waals surface area contributed by atoms with Crippen molar-refractivity contribution in [2.75, 3.05) is 0 Å². The number of nitrogens with one attached hydrogen (secondary N) is 1. The van der Waals surface area contributed by atoms with Gasteiger partial charge in [-0.1, -0.05) is 26.8 Å². The standard InChI is InChI=1S/C11H15N3O3/c1-7(2)11(3)5-4-8-10(13-17-12-8)9(6-11)14(15)16/h4-7,14-15H,1-3H3. The molecule has 0 saturated heterocycles. The van der Waals surface area contributed by atoms with Crippen LogP contribution in [-0.4, -0.2) is 15.5 Å². The fraction of sp³-hybridized carbons (Fsp3) is 0.455. The van der Waals surface area contributed by atoms with Gasteiger partial charge in [-0.15, -0.1) is 0 Å². The lowest BCUT2D eigenvalue weighted by molar-refractivity contribution is -0.985. The monoisotopic (exact) mass is 237 g/mol. The average molecular weight is 237 g/mol. The van der Waals surface area contributed by atoms with Crippen molar-refractivity contribution in [1.82, 2.24) is 10.3 Å². The van der Waals surface area contributed by atoms with E-state index >= 15 is 0 Å². The summed E-state index contributed by atoms with van der Waals surface area (Å²) in [5.41, 5.74) is 0.562. The van der Waals surface area contributed by atoms with E-state index in [-0.39, 0.29) is 22.7 Å². The van der Waals surface area contributed by atoms with E-state index in [9.17, 15) is 10.4 Å². The zero-order valence-electron chi connectivity index (χ0n) is 9.97. The van der Waals surface area contributed by atoms with Crippen molar-refractivity contribution >= 4 is 11.8 Å². The van der Waals surface area contributed by atoms with Crippen LogP contribution >= 0.6 is 0 Å². The normalized spacial score (nSPS) is 25.4. The maximum atomic E-state index is 11.3. The Morgan fingerprint density at radius 3 is 2.76 bits per heavy atom. The lowest BCUT2D eigenvalue weighted by Crippen LogP contribution is -3.01. The van der Waals surface area contributed by atoms with Gasteiger partial charge in [0.05, 0.1) is 0 Å². The minimum absolute atomic E-state index is 0.141. The van der Waals surface area contributed by atoms with E-state index in [4.69, 9.17) is 0 Å². The molecule has 0 spiro atoms. The highest BCUT2D eigenvalue weighted by atomic mass is 16.8. The van der Waals surface area contributed by atoms with Crippen molar-refractivity contribution in [2.24, 2.45) is 11.3 Å². The number of nitrogens with zero attached hydrogens (tertiary/aromatic N) is 2. The van der Waals surface area contributed by atoms with Gasteiger partial charge in [-0.3, -0.25) is 0 Å². The number of hydrogen-bond acceptors (Lipinski definition) is 5. The average Bonchev–Trinajstić information content (AvgIpc) is 2.65. The first kappa shape index (κ1) is 12.0. The number of quaternary nitrogens is 1. The lowest BCUT2D eigenvalue weighted by atomic mass is 9.78. The molecule has 17 heavy (non-hydrogen) atoms. The number of hydrogen-bond donors (Lipinski definition) is 2. The molecule has 0 aliphatic heterocycles. The highest BCUT2D eigenvalue weighted by Crippen LogP contribution is 2.35. The second-order valence-electron chi connectivity index (χ2n) is 4.72. The highest BCUT2D eigenvalue weighted by molar-refractivity contribution is 5.67. The Morgan fingerprint density at radius 1 is 1.47 bits per heavy atom. The van der Waals surface area contributed by atoms with Gasteiger partial charge in [0.15, 0.2) is 11.4 Å². The second-order valence-corrected chi connectivity index (χ2v) is 4.72. The molecule has 92 valence electrons. The van der Waals surface area contributed by atoms with Gasteiger partial charge < -0.3 is 5.21 Å². The minimum Gasteiger partial charge on any atom is -0.595 e. The van der Waals surface area contributed by atoms with Gasteiger partial charge in [0.25, 0.3) is 0 Å². The van der Waals surface area contributed by atoms with Gasteiger partial charge in [-0.2, -0.15) is 5.23 Å². The molecule has 1 aliphatic carbocycles. The largest absolute Gasteiger partial charge is 0.595 e. The van der Waals surface area contributed by atoms with Crippen LogP contribution in [0, 0.1) is 16.5 Å².